The molecule has 1 aliphatic rings. The summed E-state index contributed by atoms with van der Waals surface area (Å²) in [6.07, 6.45) is -2.71. The van der Waals surface area contributed by atoms with Crippen LogP contribution in [0, 0.1) is 6.92 Å². The van der Waals surface area contributed by atoms with Crippen LogP contribution in [0.15, 0.2) is 71.1 Å². The zero-order chi connectivity index (χ0) is 23.9. The maximum absolute atomic E-state index is 13.2. The molecule has 1 fully saturated rings. The number of alkyl halides is 3. The van der Waals surface area contributed by atoms with E-state index in [1.165, 1.54) is 6.07 Å². The molecule has 1 aliphatic heterocycles. The zero-order valence-corrected chi connectivity index (χ0v) is 18.6. The van der Waals surface area contributed by atoms with Crippen LogP contribution in [0.4, 0.5) is 13.2 Å². The Morgan fingerprint density at radius 2 is 1.88 bits per heavy atom. The average Bonchev–Trinajstić information content (AvgIpc) is 3.22. The Morgan fingerprint density at radius 3 is 2.71 bits per heavy atom. The summed E-state index contributed by atoms with van der Waals surface area (Å²) in [7, 11) is 0. The van der Waals surface area contributed by atoms with Crippen LogP contribution < -0.4 is 0 Å². The molecule has 0 spiro atoms. The van der Waals surface area contributed by atoms with E-state index in [0.717, 1.165) is 47.4 Å². The number of amides is 1. The zero-order valence-electron chi connectivity index (χ0n) is 18.6. The van der Waals surface area contributed by atoms with Gasteiger partial charge in [0.15, 0.2) is 0 Å². The van der Waals surface area contributed by atoms with Crippen molar-refractivity contribution in [3.05, 3.63) is 89.3 Å². The summed E-state index contributed by atoms with van der Waals surface area (Å²) in [5.74, 6) is 0.771. The Kier molecular flexibility index (Phi) is 5.63. The molecule has 1 saturated heterocycles. The quantitative estimate of drug-likeness (QED) is 0.333. The third kappa shape index (κ3) is 4.42. The van der Waals surface area contributed by atoms with Crippen LogP contribution in [0.2, 0.25) is 0 Å². The van der Waals surface area contributed by atoms with E-state index in [9.17, 15) is 18.0 Å². The van der Waals surface area contributed by atoms with E-state index >= 15 is 0 Å². The number of piperidine rings is 1. The van der Waals surface area contributed by atoms with Gasteiger partial charge >= 0.3 is 6.18 Å². The highest BCUT2D eigenvalue weighted by Gasteiger charge is 2.31. The first kappa shape index (κ1) is 22.2. The molecule has 34 heavy (non-hydrogen) atoms. The maximum Gasteiger partial charge on any atom is 0.416 e. The predicted molar refractivity (Wildman–Crippen MR) is 124 cm³/mol. The molecule has 0 radical (unpaired) electrons. The number of hydrogen-bond acceptors (Lipinski definition) is 3. The Labute approximate surface area is 195 Å². The van der Waals surface area contributed by atoms with Crippen LogP contribution in [0.3, 0.4) is 0 Å². The molecule has 7 heteroatoms. The molecule has 0 bridgehead atoms. The van der Waals surface area contributed by atoms with Crippen molar-refractivity contribution in [2.24, 2.45) is 0 Å². The first-order valence-electron chi connectivity index (χ1n) is 11.2. The average molecular weight is 464 g/mol. The first-order valence-corrected chi connectivity index (χ1v) is 11.2. The summed E-state index contributed by atoms with van der Waals surface area (Å²) in [6.45, 7) is 3.04. The maximum atomic E-state index is 13.2. The molecular formula is C27H23F3N2O2. The van der Waals surface area contributed by atoms with E-state index in [1.807, 2.05) is 42.2 Å². The van der Waals surface area contributed by atoms with Gasteiger partial charge in [-0.15, -0.1) is 0 Å². The normalized spacial score (nSPS) is 16.7. The summed E-state index contributed by atoms with van der Waals surface area (Å²) in [5, 5.41) is 0.896. The van der Waals surface area contributed by atoms with E-state index in [4.69, 9.17) is 4.42 Å². The second kappa shape index (κ2) is 8.63. The molecule has 5 rings (SSSR count). The van der Waals surface area contributed by atoms with E-state index in [0.29, 0.717) is 29.9 Å². The molecule has 174 valence electrons. The van der Waals surface area contributed by atoms with Gasteiger partial charge in [-0.1, -0.05) is 18.2 Å². The van der Waals surface area contributed by atoms with E-state index in [-0.39, 0.29) is 11.8 Å². The number of nitrogens with zero attached hydrogens (tertiary/aromatic N) is 2. The van der Waals surface area contributed by atoms with Gasteiger partial charge < -0.3 is 9.32 Å². The van der Waals surface area contributed by atoms with Gasteiger partial charge in [-0.2, -0.15) is 13.2 Å². The molecule has 2 aromatic heterocycles. The fraction of sp³-hybridized carbons (Fsp3) is 0.259. The Morgan fingerprint density at radius 1 is 1.06 bits per heavy atom. The topological polar surface area (TPSA) is 46.3 Å². The number of likely N-dealkylation sites (tertiary alicyclic amines) is 1. The second-order valence-electron chi connectivity index (χ2n) is 8.73. The fourth-order valence-electron chi connectivity index (χ4n) is 4.59. The van der Waals surface area contributed by atoms with Crippen LogP contribution in [-0.2, 0) is 6.18 Å². The van der Waals surface area contributed by atoms with E-state index in [2.05, 4.69) is 4.98 Å². The van der Waals surface area contributed by atoms with Gasteiger partial charge in [0.25, 0.3) is 5.91 Å². The van der Waals surface area contributed by atoms with Crippen molar-refractivity contribution in [2.75, 3.05) is 13.1 Å². The number of furan rings is 1. The van der Waals surface area contributed by atoms with Crippen molar-refractivity contribution in [3.63, 3.8) is 0 Å². The fourth-order valence-corrected chi connectivity index (χ4v) is 4.59. The Bertz CT molecular complexity index is 1360. The lowest BCUT2D eigenvalue weighted by molar-refractivity contribution is -0.137. The summed E-state index contributed by atoms with van der Waals surface area (Å²) in [4.78, 5) is 19.7. The molecule has 4 aromatic rings. The highest BCUT2D eigenvalue weighted by atomic mass is 19.4. The summed E-state index contributed by atoms with van der Waals surface area (Å²) in [6, 6.07) is 18.0. The number of carbonyl (C=O) groups is 1. The number of hydrogen-bond donors (Lipinski definition) is 0. The number of fused-ring (bicyclic) bond motifs is 1. The lowest BCUT2D eigenvalue weighted by atomic mass is 9.93. The van der Waals surface area contributed by atoms with Crippen LogP contribution in [-0.4, -0.2) is 28.9 Å². The van der Waals surface area contributed by atoms with Crippen LogP contribution >= 0.6 is 0 Å². The van der Waals surface area contributed by atoms with Crippen LogP contribution in [0.25, 0.3) is 22.2 Å². The Balaban J connectivity index is 1.37. The van der Waals surface area contributed by atoms with E-state index in [1.54, 1.807) is 18.2 Å². The SMILES string of the molecule is Cc1cc2cc(C(=O)N3CCCC(c4cccc(-c5cccc(C(F)(F)F)c5)n4)C3)ccc2o1. The number of aryl methyl sites for hydroxylation is 1. The third-order valence-electron chi connectivity index (χ3n) is 6.27. The largest absolute Gasteiger partial charge is 0.461 e. The summed E-state index contributed by atoms with van der Waals surface area (Å²) < 4.78 is 45.0. The van der Waals surface area contributed by atoms with Crippen molar-refractivity contribution in [2.45, 2.75) is 31.9 Å². The minimum Gasteiger partial charge on any atom is -0.461 e. The van der Waals surface area contributed by atoms with Crippen LogP contribution in [0.5, 0.6) is 0 Å². The molecular weight excluding hydrogens is 441 g/mol. The van der Waals surface area contributed by atoms with Gasteiger partial charge in [0, 0.05) is 41.2 Å². The number of carbonyl (C=O) groups excluding carboxylic acids is 1. The number of benzene rings is 2. The highest BCUT2D eigenvalue weighted by molar-refractivity contribution is 5.98. The lowest BCUT2D eigenvalue weighted by Gasteiger charge is -2.32. The molecule has 2 aromatic carbocycles. The monoisotopic (exact) mass is 464 g/mol. The molecule has 3 heterocycles. The van der Waals surface area contributed by atoms with Crippen molar-refractivity contribution in [3.8, 4) is 11.3 Å². The molecule has 0 aliphatic carbocycles. The summed E-state index contributed by atoms with van der Waals surface area (Å²) in [5.41, 5.74) is 2.36. The van der Waals surface area contributed by atoms with Gasteiger partial charge in [-0.05, 0) is 68.3 Å². The first-order chi connectivity index (χ1) is 16.3. The molecule has 4 nitrogen and oxygen atoms in total. The van der Waals surface area contributed by atoms with Gasteiger partial charge in [-0.25, -0.2) is 0 Å². The molecule has 0 saturated carbocycles. The van der Waals surface area contributed by atoms with Gasteiger partial charge in [0.1, 0.15) is 11.3 Å². The smallest absolute Gasteiger partial charge is 0.416 e. The number of rotatable bonds is 3. The minimum atomic E-state index is -4.41. The third-order valence-corrected chi connectivity index (χ3v) is 6.27. The van der Waals surface area contributed by atoms with Crippen molar-refractivity contribution in [1.29, 1.82) is 0 Å². The van der Waals surface area contributed by atoms with Gasteiger partial charge in [0.2, 0.25) is 0 Å². The van der Waals surface area contributed by atoms with Crippen molar-refractivity contribution in [1.82, 2.24) is 9.88 Å². The van der Waals surface area contributed by atoms with Crippen molar-refractivity contribution >= 4 is 16.9 Å². The van der Waals surface area contributed by atoms with Crippen LogP contribution in [0.1, 0.15) is 46.1 Å². The predicted octanol–water partition coefficient (Wildman–Crippen LogP) is 6.84. The number of halogens is 3. The standard InChI is InChI=1S/C27H23F3N2O2/c1-17-13-21-14-19(10-11-25(21)34-17)26(33)32-12-4-6-20(16-32)24-9-3-8-23(31-24)18-5-2-7-22(15-18)27(28,29)30/h2-3,5,7-11,13-15,20H,4,6,12,16H2,1H3. The Hall–Kier alpha value is -3.61. The van der Waals surface area contributed by atoms with E-state index < -0.39 is 11.7 Å². The van der Waals surface area contributed by atoms with Gasteiger partial charge in [-0.3, -0.25) is 9.78 Å². The van der Waals surface area contributed by atoms with Crippen molar-refractivity contribution < 1.29 is 22.4 Å². The molecule has 1 unspecified atom stereocenters. The molecule has 1 atom stereocenters. The van der Waals surface area contributed by atoms with Gasteiger partial charge in [0.05, 0.1) is 11.3 Å². The number of pyridine rings is 1. The molecule has 1 amide bonds. The highest BCUT2D eigenvalue weighted by Crippen LogP contribution is 2.33. The second-order valence-corrected chi connectivity index (χ2v) is 8.73. The number of aromatic nitrogens is 1. The minimum absolute atomic E-state index is 0.0170. The summed E-state index contributed by atoms with van der Waals surface area (Å²) >= 11 is 0. The lowest BCUT2D eigenvalue weighted by Crippen LogP contribution is -2.39. The molecule has 0 N–H and O–H groups in total.